The van der Waals surface area contributed by atoms with Crippen LogP contribution >= 0.6 is 0 Å². The number of para-hydroxylation sites is 1. The van der Waals surface area contributed by atoms with E-state index < -0.39 is 6.10 Å². The molecule has 0 amide bonds. The van der Waals surface area contributed by atoms with Gasteiger partial charge < -0.3 is 14.6 Å². The third-order valence-electron chi connectivity index (χ3n) is 5.83. The number of nitrogens with zero attached hydrogens (tertiary/aromatic N) is 3. The smallest absolute Gasteiger partial charge is 0.227 e. The third kappa shape index (κ3) is 6.22. The highest BCUT2D eigenvalue weighted by Gasteiger charge is 2.32. The number of ether oxygens (including phenoxy) is 2. The Labute approximate surface area is 196 Å². The monoisotopic (exact) mass is 449 g/mol. The number of benzene rings is 2. The van der Waals surface area contributed by atoms with Gasteiger partial charge in [-0.1, -0.05) is 30.3 Å². The molecule has 176 valence electrons. The van der Waals surface area contributed by atoms with E-state index >= 15 is 0 Å². The molecule has 1 aliphatic rings. The fourth-order valence-electron chi connectivity index (χ4n) is 3.97. The SMILES string of the molecule is Cc1cccc(Oc2c(CN(C[C@@H](O)COC(C)C)C3CC3)c(C)nn2-c2ccccc2)c1. The minimum Gasteiger partial charge on any atom is -0.439 e. The van der Waals surface area contributed by atoms with Crippen LogP contribution in [0.25, 0.3) is 5.69 Å². The topological polar surface area (TPSA) is 59.8 Å². The molecule has 1 N–H and O–H groups in total. The van der Waals surface area contributed by atoms with Crippen LogP contribution in [0.5, 0.6) is 11.6 Å². The lowest BCUT2D eigenvalue weighted by atomic mass is 10.2. The van der Waals surface area contributed by atoms with Crippen LogP contribution in [0.3, 0.4) is 0 Å². The summed E-state index contributed by atoms with van der Waals surface area (Å²) in [5, 5.41) is 15.4. The maximum Gasteiger partial charge on any atom is 0.227 e. The summed E-state index contributed by atoms with van der Waals surface area (Å²) in [5.41, 5.74) is 4.08. The maximum atomic E-state index is 10.6. The molecule has 1 heterocycles. The first-order chi connectivity index (χ1) is 15.9. The summed E-state index contributed by atoms with van der Waals surface area (Å²) in [7, 11) is 0. The summed E-state index contributed by atoms with van der Waals surface area (Å²) in [6.45, 7) is 9.64. The van der Waals surface area contributed by atoms with Gasteiger partial charge in [0, 0.05) is 19.1 Å². The van der Waals surface area contributed by atoms with Crippen LogP contribution in [-0.2, 0) is 11.3 Å². The second kappa shape index (κ2) is 10.5. The molecule has 1 aromatic heterocycles. The second-order valence-electron chi connectivity index (χ2n) is 9.23. The molecule has 0 aliphatic heterocycles. The van der Waals surface area contributed by atoms with Gasteiger partial charge in [-0.3, -0.25) is 4.90 Å². The van der Waals surface area contributed by atoms with Crippen LogP contribution in [0.15, 0.2) is 54.6 Å². The lowest BCUT2D eigenvalue weighted by Gasteiger charge is -2.25. The van der Waals surface area contributed by atoms with E-state index in [2.05, 4.69) is 17.9 Å². The molecule has 6 heteroatoms. The number of aliphatic hydroxyl groups excluding tert-OH is 1. The predicted octanol–water partition coefficient (Wildman–Crippen LogP) is 5.03. The minimum absolute atomic E-state index is 0.106. The Morgan fingerprint density at radius 3 is 2.52 bits per heavy atom. The van der Waals surface area contributed by atoms with Crippen molar-refractivity contribution in [2.24, 2.45) is 0 Å². The molecule has 1 aliphatic carbocycles. The van der Waals surface area contributed by atoms with Crippen molar-refractivity contribution in [2.45, 2.75) is 65.3 Å². The number of rotatable bonds is 11. The number of hydrogen-bond acceptors (Lipinski definition) is 5. The van der Waals surface area contributed by atoms with E-state index in [0.717, 1.165) is 47.0 Å². The van der Waals surface area contributed by atoms with Gasteiger partial charge in [0.2, 0.25) is 5.88 Å². The van der Waals surface area contributed by atoms with E-state index in [0.29, 0.717) is 25.7 Å². The molecule has 4 rings (SSSR count). The summed E-state index contributed by atoms with van der Waals surface area (Å²) in [4.78, 5) is 2.34. The van der Waals surface area contributed by atoms with Gasteiger partial charge in [-0.2, -0.15) is 5.10 Å². The van der Waals surface area contributed by atoms with Crippen LogP contribution in [0, 0.1) is 13.8 Å². The summed E-state index contributed by atoms with van der Waals surface area (Å²) in [6, 6.07) is 18.6. The van der Waals surface area contributed by atoms with E-state index in [9.17, 15) is 5.11 Å². The molecule has 2 aromatic carbocycles. The van der Waals surface area contributed by atoms with Crippen LogP contribution in [0.1, 0.15) is 43.5 Å². The molecule has 3 aromatic rings. The summed E-state index contributed by atoms with van der Waals surface area (Å²) in [6.07, 6.45) is 1.88. The number of aromatic nitrogens is 2. The summed E-state index contributed by atoms with van der Waals surface area (Å²) < 4.78 is 14.0. The van der Waals surface area contributed by atoms with Crippen molar-refractivity contribution in [1.29, 1.82) is 0 Å². The maximum absolute atomic E-state index is 10.6. The predicted molar refractivity (Wildman–Crippen MR) is 130 cm³/mol. The normalized spacial score (nSPS) is 14.8. The zero-order valence-corrected chi connectivity index (χ0v) is 20.1. The highest BCUT2D eigenvalue weighted by atomic mass is 16.5. The second-order valence-corrected chi connectivity index (χ2v) is 9.23. The highest BCUT2D eigenvalue weighted by Crippen LogP contribution is 2.35. The molecule has 0 bridgehead atoms. The van der Waals surface area contributed by atoms with Crippen molar-refractivity contribution in [3.63, 3.8) is 0 Å². The van der Waals surface area contributed by atoms with Gasteiger partial charge in [-0.15, -0.1) is 0 Å². The number of aliphatic hydroxyl groups is 1. The van der Waals surface area contributed by atoms with Gasteiger partial charge in [0.05, 0.1) is 35.8 Å². The molecule has 0 spiro atoms. The highest BCUT2D eigenvalue weighted by molar-refractivity contribution is 5.43. The molecule has 6 nitrogen and oxygen atoms in total. The lowest BCUT2D eigenvalue weighted by molar-refractivity contribution is -0.0107. The first-order valence-corrected chi connectivity index (χ1v) is 11.8. The largest absolute Gasteiger partial charge is 0.439 e. The van der Waals surface area contributed by atoms with E-state index in [4.69, 9.17) is 14.6 Å². The molecule has 0 radical (unpaired) electrons. The van der Waals surface area contributed by atoms with Crippen molar-refractivity contribution in [1.82, 2.24) is 14.7 Å². The Bertz CT molecular complexity index is 1040. The summed E-state index contributed by atoms with van der Waals surface area (Å²) in [5.74, 6) is 1.51. The number of aryl methyl sites for hydroxylation is 2. The number of hydrogen-bond donors (Lipinski definition) is 1. The Hall–Kier alpha value is -2.67. The third-order valence-corrected chi connectivity index (χ3v) is 5.83. The fourth-order valence-corrected chi connectivity index (χ4v) is 3.97. The van der Waals surface area contributed by atoms with Crippen LogP contribution < -0.4 is 4.74 Å². The van der Waals surface area contributed by atoms with Gasteiger partial charge in [0.25, 0.3) is 0 Å². The van der Waals surface area contributed by atoms with Gasteiger partial charge in [0.1, 0.15) is 5.75 Å². The van der Waals surface area contributed by atoms with Gasteiger partial charge in [-0.25, -0.2) is 4.68 Å². The first kappa shape index (κ1) is 23.5. The molecule has 1 fully saturated rings. The van der Waals surface area contributed by atoms with E-state index in [1.54, 1.807) is 0 Å². The van der Waals surface area contributed by atoms with E-state index in [-0.39, 0.29) is 6.10 Å². The summed E-state index contributed by atoms with van der Waals surface area (Å²) >= 11 is 0. The first-order valence-electron chi connectivity index (χ1n) is 11.8. The van der Waals surface area contributed by atoms with Crippen molar-refractivity contribution in [2.75, 3.05) is 13.2 Å². The Balaban J connectivity index is 1.64. The quantitative estimate of drug-likeness (QED) is 0.445. The van der Waals surface area contributed by atoms with Gasteiger partial charge in [0.15, 0.2) is 0 Å². The molecule has 0 saturated heterocycles. The zero-order valence-electron chi connectivity index (χ0n) is 20.1. The van der Waals surface area contributed by atoms with E-state index in [1.807, 2.05) is 74.0 Å². The van der Waals surface area contributed by atoms with Crippen molar-refractivity contribution in [3.05, 3.63) is 71.4 Å². The van der Waals surface area contributed by atoms with E-state index in [1.165, 1.54) is 0 Å². The minimum atomic E-state index is -0.529. The zero-order chi connectivity index (χ0) is 23.4. The van der Waals surface area contributed by atoms with Gasteiger partial charge in [-0.05, 0) is 70.4 Å². The van der Waals surface area contributed by atoms with Crippen molar-refractivity contribution in [3.8, 4) is 17.3 Å². The average Bonchev–Trinajstić information content (AvgIpc) is 3.59. The van der Waals surface area contributed by atoms with Crippen molar-refractivity contribution < 1.29 is 14.6 Å². The lowest BCUT2D eigenvalue weighted by Crippen LogP contribution is -2.36. The molecule has 1 atom stereocenters. The van der Waals surface area contributed by atoms with Crippen molar-refractivity contribution >= 4 is 0 Å². The molecule has 33 heavy (non-hydrogen) atoms. The standard InChI is InChI=1S/C27H35N3O3/c1-19(2)32-18-24(31)16-29(22-13-14-22)17-26-21(4)28-30(23-10-6-5-7-11-23)27(26)33-25-12-8-9-20(3)15-25/h5-12,15,19,22,24,31H,13-14,16-18H2,1-4H3/t24-/m1/s1. The Morgan fingerprint density at radius 1 is 1.09 bits per heavy atom. The Morgan fingerprint density at radius 2 is 1.85 bits per heavy atom. The Kier molecular flexibility index (Phi) is 7.48. The molecular formula is C27H35N3O3. The van der Waals surface area contributed by atoms with Crippen LogP contribution in [-0.4, -0.2) is 51.2 Å². The van der Waals surface area contributed by atoms with Crippen LogP contribution in [0.4, 0.5) is 0 Å². The fraction of sp³-hybridized carbons (Fsp3) is 0.444. The van der Waals surface area contributed by atoms with Crippen LogP contribution in [0.2, 0.25) is 0 Å². The molecular weight excluding hydrogens is 414 g/mol. The van der Waals surface area contributed by atoms with Gasteiger partial charge >= 0.3 is 0 Å². The molecule has 0 unspecified atom stereocenters. The molecule has 1 saturated carbocycles. The average molecular weight is 450 g/mol.